The van der Waals surface area contributed by atoms with Gasteiger partial charge in [-0.3, -0.25) is 9.78 Å². The summed E-state index contributed by atoms with van der Waals surface area (Å²) < 4.78 is 5.62. The summed E-state index contributed by atoms with van der Waals surface area (Å²) in [6.45, 7) is 14.5. The normalized spacial score (nSPS) is 14.7. The number of benzene rings is 1. The zero-order valence-electron chi connectivity index (χ0n) is 17.5. The molecule has 0 unspecified atom stereocenters. The summed E-state index contributed by atoms with van der Waals surface area (Å²) in [4.78, 5) is 18.8. The van der Waals surface area contributed by atoms with Gasteiger partial charge < -0.3 is 9.64 Å². The molecule has 1 fully saturated rings. The zero-order chi connectivity index (χ0) is 20.0. The summed E-state index contributed by atoms with van der Waals surface area (Å²) >= 11 is 0. The minimum atomic E-state index is -0.00642. The summed E-state index contributed by atoms with van der Waals surface area (Å²) in [5.74, 6) is 0.957. The molecule has 27 heavy (non-hydrogen) atoms. The van der Waals surface area contributed by atoms with Gasteiger partial charge in [-0.25, -0.2) is 0 Å². The van der Waals surface area contributed by atoms with E-state index in [2.05, 4.69) is 37.9 Å². The van der Waals surface area contributed by atoms with Gasteiger partial charge in [0, 0.05) is 24.7 Å². The molecule has 0 radical (unpaired) electrons. The first-order chi connectivity index (χ1) is 13.0. The van der Waals surface area contributed by atoms with Crippen LogP contribution in [0.25, 0.3) is 0 Å². The van der Waals surface area contributed by atoms with Crippen LogP contribution in [0.3, 0.4) is 0 Å². The maximum absolute atomic E-state index is 12.7. The van der Waals surface area contributed by atoms with Crippen LogP contribution in [0.15, 0.2) is 36.5 Å². The number of aryl methyl sites for hydroxylation is 2. The molecule has 0 bridgehead atoms. The van der Waals surface area contributed by atoms with Crippen molar-refractivity contribution in [1.82, 2.24) is 9.88 Å². The van der Waals surface area contributed by atoms with Gasteiger partial charge in [0.05, 0.1) is 6.61 Å². The van der Waals surface area contributed by atoms with Crippen LogP contribution in [-0.4, -0.2) is 35.5 Å². The second-order valence-electron chi connectivity index (χ2n) is 7.04. The average Bonchev–Trinajstić information content (AvgIpc) is 2.68. The van der Waals surface area contributed by atoms with Crippen LogP contribution in [0, 0.1) is 6.92 Å². The van der Waals surface area contributed by atoms with Gasteiger partial charge in [0.25, 0.3) is 5.91 Å². The molecule has 146 valence electrons. The van der Waals surface area contributed by atoms with Crippen LogP contribution < -0.4 is 4.74 Å². The maximum atomic E-state index is 12.7. The van der Waals surface area contributed by atoms with Gasteiger partial charge in [-0.15, -0.1) is 0 Å². The van der Waals surface area contributed by atoms with Crippen molar-refractivity contribution >= 4 is 5.91 Å². The Hall–Kier alpha value is -2.36. The largest absolute Gasteiger partial charge is 0.494 e. The predicted octanol–water partition coefficient (Wildman–Crippen LogP) is 4.79. The molecular formula is C23H32N2O2. The molecule has 0 aliphatic carbocycles. The Morgan fingerprint density at radius 2 is 1.89 bits per heavy atom. The van der Waals surface area contributed by atoms with Crippen molar-refractivity contribution in [3.05, 3.63) is 58.9 Å². The van der Waals surface area contributed by atoms with Gasteiger partial charge >= 0.3 is 0 Å². The number of ether oxygens (including phenoxy) is 1. The Balaban J connectivity index is 0.00000126. The lowest BCUT2D eigenvalue weighted by Gasteiger charge is -2.48. The number of hydrogen-bond donors (Lipinski definition) is 0. The fraction of sp³-hybridized carbons (Fsp3) is 0.478. The highest BCUT2D eigenvalue weighted by atomic mass is 16.5. The highest BCUT2D eigenvalue weighted by Crippen LogP contribution is 2.36. The first-order valence-corrected chi connectivity index (χ1v) is 9.95. The van der Waals surface area contributed by atoms with Gasteiger partial charge in [0.1, 0.15) is 11.4 Å². The lowest BCUT2D eigenvalue weighted by Crippen LogP contribution is -2.59. The molecule has 0 atom stereocenters. The highest BCUT2D eigenvalue weighted by Gasteiger charge is 2.43. The van der Waals surface area contributed by atoms with Gasteiger partial charge in [-0.05, 0) is 55.2 Å². The summed E-state index contributed by atoms with van der Waals surface area (Å²) in [5, 5.41) is 0. The lowest BCUT2D eigenvalue weighted by atomic mass is 9.75. The summed E-state index contributed by atoms with van der Waals surface area (Å²) in [7, 11) is 0. The molecule has 0 N–H and O–H groups in total. The zero-order valence-corrected chi connectivity index (χ0v) is 17.5. The van der Waals surface area contributed by atoms with E-state index in [4.69, 9.17) is 4.74 Å². The molecule has 3 rings (SSSR count). The Labute approximate surface area is 163 Å². The lowest BCUT2D eigenvalue weighted by molar-refractivity contribution is 0.0427. The average molecular weight is 369 g/mol. The maximum Gasteiger partial charge on any atom is 0.272 e. The van der Waals surface area contributed by atoms with Crippen molar-refractivity contribution in [1.29, 1.82) is 0 Å². The Bertz CT molecular complexity index is 780. The van der Waals surface area contributed by atoms with E-state index >= 15 is 0 Å². The Kier molecular flexibility index (Phi) is 7.00. The topological polar surface area (TPSA) is 42.4 Å². The van der Waals surface area contributed by atoms with Gasteiger partial charge in [0.15, 0.2) is 0 Å². The number of likely N-dealkylation sites (tertiary alicyclic amines) is 1. The van der Waals surface area contributed by atoms with Gasteiger partial charge in [-0.1, -0.05) is 39.8 Å². The van der Waals surface area contributed by atoms with Crippen LogP contribution in [0.2, 0.25) is 0 Å². The molecule has 1 amide bonds. The van der Waals surface area contributed by atoms with Crippen LogP contribution in [-0.2, 0) is 11.8 Å². The SMILES string of the molecule is CC.CCOc1ccc(C2(C)CN(C(=O)c3cc(CC)ccn3)C2)cc1C. The highest BCUT2D eigenvalue weighted by molar-refractivity contribution is 5.93. The molecule has 4 heteroatoms. The van der Waals surface area contributed by atoms with Gasteiger partial charge in [-0.2, -0.15) is 0 Å². The van der Waals surface area contributed by atoms with Crippen molar-refractivity contribution < 1.29 is 9.53 Å². The van der Waals surface area contributed by atoms with Crippen LogP contribution in [0.4, 0.5) is 0 Å². The minimum absolute atomic E-state index is 0.00642. The minimum Gasteiger partial charge on any atom is -0.494 e. The molecule has 0 saturated carbocycles. The Morgan fingerprint density at radius 1 is 1.19 bits per heavy atom. The molecule has 1 aliphatic rings. The predicted molar refractivity (Wildman–Crippen MR) is 111 cm³/mol. The molecule has 1 saturated heterocycles. The number of pyridine rings is 1. The number of carbonyl (C=O) groups excluding carboxylic acids is 1. The monoisotopic (exact) mass is 368 g/mol. The third kappa shape index (κ3) is 4.49. The molecule has 1 aromatic carbocycles. The molecule has 4 nitrogen and oxygen atoms in total. The third-order valence-corrected chi connectivity index (χ3v) is 4.99. The fourth-order valence-electron chi connectivity index (χ4n) is 3.44. The van der Waals surface area contributed by atoms with E-state index in [1.54, 1.807) is 6.20 Å². The van der Waals surface area contributed by atoms with E-state index in [9.17, 15) is 4.79 Å². The molecular weight excluding hydrogens is 336 g/mol. The van der Waals surface area contributed by atoms with Crippen LogP contribution in [0.5, 0.6) is 5.75 Å². The first kappa shape index (κ1) is 20.9. The fourth-order valence-corrected chi connectivity index (χ4v) is 3.44. The number of hydrogen-bond acceptors (Lipinski definition) is 3. The quantitative estimate of drug-likeness (QED) is 0.762. The molecule has 0 spiro atoms. The van der Waals surface area contributed by atoms with Crippen molar-refractivity contribution in [2.24, 2.45) is 0 Å². The van der Waals surface area contributed by atoms with E-state index < -0.39 is 0 Å². The van der Waals surface area contributed by atoms with E-state index in [1.165, 1.54) is 5.56 Å². The van der Waals surface area contributed by atoms with E-state index in [-0.39, 0.29) is 11.3 Å². The standard InChI is InChI=1S/C21H26N2O2.C2H6/c1-5-16-9-10-22-18(12-16)20(24)23-13-21(4,14-23)17-7-8-19(25-6-2)15(3)11-17;1-2/h7-12H,5-6,13-14H2,1-4H3;1-2H3. The van der Waals surface area contributed by atoms with Crippen LogP contribution in [0.1, 0.15) is 61.8 Å². The number of nitrogens with zero attached hydrogens (tertiary/aromatic N) is 2. The van der Waals surface area contributed by atoms with E-state index in [0.29, 0.717) is 12.3 Å². The van der Waals surface area contributed by atoms with Gasteiger partial charge in [0.2, 0.25) is 0 Å². The van der Waals surface area contributed by atoms with Crippen LogP contribution >= 0.6 is 0 Å². The van der Waals surface area contributed by atoms with Crippen molar-refractivity contribution in [3.8, 4) is 5.75 Å². The van der Waals surface area contributed by atoms with Crippen molar-refractivity contribution in [3.63, 3.8) is 0 Å². The number of rotatable bonds is 5. The summed E-state index contributed by atoms with van der Waals surface area (Å²) in [6.07, 6.45) is 2.63. The molecule has 2 heterocycles. The number of amides is 1. The Morgan fingerprint density at radius 3 is 2.48 bits per heavy atom. The summed E-state index contributed by atoms with van der Waals surface area (Å²) in [6, 6.07) is 10.2. The second kappa shape index (κ2) is 9.03. The van der Waals surface area contributed by atoms with Crippen molar-refractivity contribution in [2.75, 3.05) is 19.7 Å². The van der Waals surface area contributed by atoms with E-state index in [0.717, 1.165) is 36.4 Å². The molecule has 1 aliphatic heterocycles. The number of aromatic nitrogens is 1. The second-order valence-corrected chi connectivity index (χ2v) is 7.04. The number of carbonyl (C=O) groups is 1. The molecule has 2 aromatic rings. The van der Waals surface area contributed by atoms with E-state index in [1.807, 2.05) is 43.9 Å². The smallest absolute Gasteiger partial charge is 0.272 e. The van der Waals surface area contributed by atoms with Crippen molar-refractivity contribution in [2.45, 2.75) is 53.4 Å². The third-order valence-electron chi connectivity index (χ3n) is 4.99. The first-order valence-electron chi connectivity index (χ1n) is 9.95. The summed E-state index contributed by atoms with van der Waals surface area (Å²) in [5.41, 5.74) is 4.08. The molecule has 1 aromatic heterocycles.